The van der Waals surface area contributed by atoms with Gasteiger partial charge in [-0.2, -0.15) is 0 Å². The second-order valence-electron chi connectivity index (χ2n) is 5.53. The molecule has 1 aliphatic rings. The van der Waals surface area contributed by atoms with E-state index in [0.29, 0.717) is 0 Å². The van der Waals surface area contributed by atoms with Gasteiger partial charge in [-0.15, -0.1) is 0 Å². The molecule has 1 aliphatic heterocycles. The highest BCUT2D eigenvalue weighted by atomic mass is 16.6. The summed E-state index contributed by atoms with van der Waals surface area (Å²) in [7, 11) is 0. The first-order valence-electron chi connectivity index (χ1n) is 7.57. The molecular weight excluding hydrogens is 358 g/mol. The summed E-state index contributed by atoms with van der Waals surface area (Å²) in [6, 6.07) is 9.06. The first-order valence-corrected chi connectivity index (χ1v) is 7.57. The lowest BCUT2D eigenvalue weighted by molar-refractivity contribution is -0.385. The number of anilines is 1. The Bertz CT molecular complexity index is 998. The molecule has 27 heavy (non-hydrogen) atoms. The molecule has 0 aliphatic carbocycles. The van der Waals surface area contributed by atoms with Crippen molar-refractivity contribution in [2.24, 2.45) is 0 Å². The number of carbonyl (C=O) groups excluding carboxylic acids is 3. The zero-order chi connectivity index (χ0) is 19.7. The maximum Gasteiger partial charge on any atom is 0.322 e. The minimum Gasteiger partial charge on any atom is -0.480 e. The fraction of sp³-hybridized carbons (Fsp3) is 0.0588. The number of imide groups is 1. The highest BCUT2D eigenvalue weighted by molar-refractivity contribution is 6.35. The lowest BCUT2D eigenvalue weighted by Gasteiger charge is -2.14. The standard InChI is InChI=1S/C17H11N3O7/c21-13(22)8-18-15(23)9-4-6-10(7-5-9)19-16(24)11-2-1-3-12(20(26)27)14(11)17(19)25/h1-7H,8H2,(H,18,23)(H,21,22). The smallest absolute Gasteiger partial charge is 0.322 e. The molecule has 0 unspecified atom stereocenters. The van der Waals surface area contributed by atoms with Gasteiger partial charge >= 0.3 is 5.97 Å². The van der Waals surface area contributed by atoms with Gasteiger partial charge in [0.05, 0.1) is 16.2 Å². The van der Waals surface area contributed by atoms with E-state index in [0.717, 1.165) is 11.0 Å². The number of nitro groups is 1. The summed E-state index contributed by atoms with van der Waals surface area (Å²) in [5.74, 6) is -3.37. The molecule has 0 spiro atoms. The molecule has 0 bridgehead atoms. The van der Waals surface area contributed by atoms with E-state index in [-0.39, 0.29) is 22.4 Å². The van der Waals surface area contributed by atoms with Crippen LogP contribution in [-0.2, 0) is 4.79 Å². The first-order chi connectivity index (χ1) is 12.8. The maximum absolute atomic E-state index is 12.6. The molecule has 0 aromatic heterocycles. The molecule has 0 radical (unpaired) electrons. The van der Waals surface area contributed by atoms with E-state index in [4.69, 9.17) is 5.11 Å². The Kier molecular flexibility index (Phi) is 4.38. The van der Waals surface area contributed by atoms with E-state index in [9.17, 15) is 29.3 Å². The molecule has 2 aromatic rings. The highest BCUT2D eigenvalue weighted by Crippen LogP contribution is 2.33. The number of hydrogen-bond acceptors (Lipinski definition) is 6. The fourth-order valence-electron chi connectivity index (χ4n) is 2.67. The monoisotopic (exact) mass is 369 g/mol. The predicted molar refractivity (Wildman–Crippen MR) is 90.6 cm³/mol. The van der Waals surface area contributed by atoms with Crippen LogP contribution >= 0.6 is 0 Å². The van der Waals surface area contributed by atoms with Crippen LogP contribution in [0.2, 0.25) is 0 Å². The number of nitro benzene ring substituents is 1. The maximum atomic E-state index is 12.6. The quantitative estimate of drug-likeness (QED) is 0.457. The number of nitrogens with one attached hydrogen (secondary N) is 1. The highest BCUT2D eigenvalue weighted by Gasteiger charge is 2.41. The van der Waals surface area contributed by atoms with Gasteiger partial charge in [-0.05, 0) is 30.3 Å². The Labute approximate surface area is 151 Å². The Morgan fingerprint density at radius 1 is 1.07 bits per heavy atom. The second kappa shape index (κ2) is 6.67. The molecule has 3 amide bonds. The molecule has 0 atom stereocenters. The van der Waals surface area contributed by atoms with Gasteiger partial charge in [0.2, 0.25) is 0 Å². The summed E-state index contributed by atoms with van der Waals surface area (Å²) in [6.07, 6.45) is 0. The Hall–Kier alpha value is -4.08. The lowest BCUT2D eigenvalue weighted by Crippen LogP contribution is -2.30. The van der Waals surface area contributed by atoms with Crippen LogP contribution < -0.4 is 10.2 Å². The molecule has 3 rings (SSSR count). The van der Waals surface area contributed by atoms with Crippen molar-refractivity contribution < 1.29 is 29.2 Å². The number of nitrogens with zero attached hydrogens (tertiary/aromatic N) is 2. The SMILES string of the molecule is O=C(O)CNC(=O)c1ccc(N2C(=O)c3cccc([N+](=O)[O-])c3C2=O)cc1. The summed E-state index contributed by atoms with van der Waals surface area (Å²) < 4.78 is 0. The Morgan fingerprint density at radius 3 is 2.33 bits per heavy atom. The van der Waals surface area contributed by atoms with E-state index in [1.807, 2.05) is 0 Å². The number of hydrogen-bond donors (Lipinski definition) is 2. The van der Waals surface area contributed by atoms with Crippen LogP contribution in [0.3, 0.4) is 0 Å². The van der Waals surface area contributed by atoms with E-state index < -0.39 is 40.8 Å². The van der Waals surface area contributed by atoms with Crippen molar-refractivity contribution in [2.45, 2.75) is 0 Å². The fourth-order valence-corrected chi connectivity index (χ4v) is 2.67. The van der Waals surface area contributed by atoms with Gasteiger partial charge in [0, 0.05) is 11.6 Å². The van der Waals surface area contributed by atoms with Crippen LogP contribution in [0, 0.1) is 10.1 Å². The third-order valence-corrected chi connectivity index (χ3v) is 3.88. The summed E-state index contributed by atoms with van der Waals surface area (Å²) in [4.78, 5) is 58.6. The summed E-state index contributed by atoms with van der Waals surface area (Å²) in [6.45, 7) is -0.553. The van der Waals surface area contributed by atoms with Crippen LogP contribution in [0.5, 0.6) is 0 Å². The number of carbonyl (C=O) groups is 4. The van der Waals surface area contributed by atoms with Gasteiger partial charge in [-0.3, -0.25) is 29.3 Å². The number of carboxylic acids is 1. The van der Waals surface area contributed by atoms with Gasteiger partial charge in [0.25, 0.3) is 23.4 Å². The van der Waals surface area contributed by atoms with Crippen molar-refractivity contribution in [3.8, 4) is 0 Å². The van der Waals surface area contributed by atoms with Crippen LogP contribution in [0.15, 0.2) is 42.5 Å². The number of fused-ring (bicyclic) bond motifs is 1. The molecule has 0 fully saturated rings. The first kappa shape index (κ1) is 17.7. The summed E-state index contributed by atoms with van der Waals surface area (Å²) in [5, 5.41) is 21.9. The van der Waals surface area contributed by atoms with Gasteiger partial charge in [0.1, 0.15) is 12.1 Å². The molecule has 10 heteroatoms. The van der Waals surface area contributed by atoms with Crippen LogP contribution in [0.25, 0.3) is 0 Å². The molecule has 1 heterocycles. The van der Waals surface area contributed by atoms with Crippen molar-refractivity contribution in [1.29, 1.82) is 0 Å². The van der Waals surface area contributed by atoms with E-state index in [2.05, 4.69) is 5.32 Å². The second-order valence-corrected chi connectivity index (χ2v) is 5.53. The number of amides is 3. The third-order valence-electron chi connectivity index (χ3n) is 3.88. The number of carboxylic acid groups (broad SMARTS) is 1. The zero-order valence-corrected chi connectivity index (χ0v) is 13.5. The van der Waals surface area contributed by atoms with Crippen molar-refractivity contribution in [2.75, 3.05) is 11.4 Å². The zero-order valence-electron chi connectivity index (χ0n) is 13.5. The lowest BCUT2D eigenvalue weighted by atomic mass is 10.1. The molecule has 136 valence electrons. The van der Waals surface area contributed by atoms with Crippen molar-refractivity contribution in [1.82, 2.24) is 5.32 Å². The van der Waals surface area contributed by atoms with Gasteiger partial charge in [-0.25, -0.2) is 4.90 Å². The van der Waals surface area contributed by atoms with Crippen molar-refractivity contribution in [3.63, 3.8) is 0 Å². The Balaban J connectivity index is 1.90. The van der Waals surface area contributed by atoms with E-state index in [1.54, 1.807) is 0 Å². The molecular formula is C17H11N3O7. The van der Waals surface area contributed by atoms with Crippen LogP contribution in [-0.4, -0.2) is 40.3 Å². The summed E-state index contributed by atoms with van der Waals surface area (Å²) >= 11 is 0. The van der Waals surface area contributed by atoms with Gasteiger partial charge < -0.3 is 10.4 Å². The van der Waals surface area contributed by atoms with E-state index >= 15 is 0 Å². The molecule has 0 saturated heterocycles. The molecule has 2 aromatic carbocycles. The van der Waals surface area contributed by atoms with Crippen molar-refractivity contribution in [3.05, 3.63) is 69.3 Å². The number of rotatable bonds is 5. The minimum absolute atomic E-state index is 0.0718. The predicted octanol–water partition coefficient (Wildman–Crippen LogP) is 1.21. The topological polar surface area (TPSA) is 147 Å². The van der Waals surface area contributed by atoms with E-state index in [1.165, 1.54) is 36.4 Å². The van der Waals surface area contributed by atoms with Gasteiger partial charge in [-0.1, -0.05) is 6.07 Å². The largest absolute Gasteiger partial charge is 0.480 e. The normalized spacial score (nSPS) is 12.7. The number of aliphatic carboxylic acids is 1. The Morgan fingerprint density at radius 2 is 1.74 bits per heavy atom. The average Bonchev–Trinajstić information content (AvgIpc) is 2.90. The average molecular weight is 369 g/mol. The van der Waals surface area contributed by atoms with Crippen LogP contribution in [0.4, 0.5) is 11.4 Å². The van der Waals surface area contributed by atoms with Crippen LogP contribution in [0.1, 0.15) is 31.1 Å². The molecule has 10 nitrogen and oxygen atoms in total. The van der Waals surface area contributed by atoms with Gasteiger partial charge in [0.15, 0.2) is 0 Å². The third kappa shape index (κ3) is 3.11. The summed E-state index contributed by atoms with van der Waals surface area (Å²) in [5.41, 5.74) is -0.556. The number of benzene rings is 2. The minimum atomic E-state index is -1.20. The molecule has 2 N–H and O–H groups in total. The van der Waals surface area contributed by atoms with Crippen molar-refractivity contribution >= 4 is 35.1 Å². The molecule has 0 saturated carbocycles.